The number of rotatable bonds is 7. The first-order valence-electron chi connectivity index (χ1n) is 4.88. The number of unbranched alkanes of at least 4 members (excludes halogenated alkanes) is 2. The molecule has 0 bridgehead atoms. The topological polar surface area (TPSA) is 3.24 Å². The Morgan fingerprint density at radius 2 is 1.73 bits per heavy atom. The highest BCUT2D eigenvalue weighted by atomic mass is 15.0. The van der Waals surface area contributed by atoms with Crippen LogP contribution in [0.1, 0.15) is 39.5 Å². The molecular formula is C9H21BN. The Bertz CT molecular complexity index is 76.0. The van der Waals surface area contributed by atoms with Gasteiger partial charge in [0.15, 0.2) is 0 Å². The minimum absolute atomic E-state index is 1.22. The lowest BCUT2D eigenvalue weighted by Gasteiger charge is -2.18. The van der Waals surface area contributed by atoms with Gasteiger partial charge in [-0.15, -0.1) is 0 Å². The van der Waals surface area contributed by atoms with E-state index in [0.717, 1.165) is 0 Å². The minimum Gasteiger partial charge on any atom is -0.347 e. The zero-order valence-corrected chi connectivity index (χ0v) is 8.27. The second kappa shape index (κ2) is 8.12. The molecule has 1 radical (unpaired) electrons. The molecule has 0 saturated heterocycles. The third kappa shape index (κ3) is 6.42. The fourth-order valence-electron chi connectivity index (χ4n) is 1.22. The molecule has 0 atom stereocenters. The minimum atomic E-state index is 1.22. The van der Waals surface area contributed by atoms with E-state index >= 15 is 0 Å². The van der Waals surface area contributed by atoms with Crippen molar-refractivity contribution in [3.63, 3.8) is 0 Å². The first kappa shape index (κ1) is 11.0. The first-order chi connectivity index (χ1) is 5.35. The summed E-state index contributed by atoms with van der Waals surface area (Å²) in [7, 11) is 2.21. The molecule has 1 nitrogen and oxygen atoms in total. The molecule has 0 aromatic heterocycles. The van der Waals surface area contributed by atoms with Gasteiger partial charge in [-0.05, 0) is 25.9 Å². The average Bonchev–Trinajstić information content (AvgIpc) is 2.03. The second-order valence-corrected chi connectivity index (χ2v) is 3.00. The molecule has 11 heavy (non-hydrogen) atoms. The van der Waals surface area contributed by atoms with Gasteiger partial charge < -0.3 is 4.81 Å². The number of hydrogen-bond donors (Lipinski definition) is 0. The molecule has 0 saturated carbocycles. The maximum atomic E-state index is 2.41. The van der Waals surface area contributed by atoms with E-state index < -0.39 is 0 Å². The van der Waals surface area contributed by atoms with Gasteiger partial charge in [0.25, 0.3) is 0 Å². The Morgan fingerprint density at radius 1 is 1.00 bits per heavy atom. The summed E-state index contributed by atoms with van der Waals surface area (Å²) in [5, 5.41) is 0. The van der Waals surface area contributed by atoms with E-state index in [1.165, 1.54) is 38.8 Å². The van der Waals surface area contributed by atoms with E-state index in [-0.39, 0.29) is 0 Å². The molecule has 0 fully saturated rings. The van der Waals surface area contributed by atoms with Crippen LogP contribution in [-0.4, -0.2) is 25.3 Å². The van der Waals surface area contributed by atoms with Crippen LogP contribution in [0.5, 0.6) is 0 Å². The summed E-state index contributed by atoms with van der Waals surface area (Å²) in [5.74, 6) is 0. The van der Waals surface area contributed by atoms with Gasteiger partial charge in [-0.2, -0.15) is 0 Å². The molecule has 0 unspecified atom stereocenters. The van der Waals surface area contributed by atoms with Gasteiger partial charge in [0.1, 0.15) is 0 Å². The van der Waals surface area contributed by atoms with Crippen molar-refractivity contribution in [2.75, 3.05) is 13.1 Å². The molecule has 0 aliphatic carbocycles. The molecule has 65 valence electrons. The highest BCUT2D eigenvalue weighted by Crippen LogP contribution is 1.97. The molecule has 0 aromatic carbocycles. The molecule has 0 amide bonds. The molecule has 0 N–H and O–H groups in total. The fraction of sp³-hybridized carbons (Fsp3) is 1.00. The van der Waals surface area contributed by atoms with E-state index in [4.69, 9.17) is 0 Å². The summed E-state index contributed by atoms with van der Waals surface area (Å²) in [5.41, 5.74) is 0. The zero-order valence-electron chi connectivity index (χ0n) is 8.27. The van der Waals surface area contributed by atoms with Crippen molar-refractivity contribution in [3.05, 3.63) is 0 Å². The first-order valence-corrected chi connectivity index (χ1v) is 4.88. The average molecular weight is 154 g/mol. The van der Waals surface area contributed by atoms with Gasteiger partial charge in [0.2, 0.25) is 7.41 Å². The van der Waals surface area contributed by atoms with Crippen molar-refractivity contribution in [3.8, 4) is 0 Å². The highest BCUT2D eigenvalue weighted by Gasteiger charge is 1.99. The van der Waals surface area contributed by atoms with Crippen LogP contribution in [0, 0.1) is 0 Å². The molecule has 0 aromatic rings. The Balaban J connectivity index is 3.20. The third-order valence-electron chi connectivity index (χ3n) is 1.92. The van der Waals surface area contributed by atoms with Crippen LogP contribution >= 0.6 is 0 Å². The maximum absolute atomic E-state index is 2.41. The van der Waals surface area contributed by atoms with Crippen LogP contribution in [0.25, 0.3) is 0 Å². The van der Waals surface area contributed by atoms with Crippen LogP contribution in [0.3, 0.4) is 0 Å². The van der Waals surface area contributed by atoms with Gasteiger partial charge in [-0.25, -0.2) is 0 Å². The molecule has 0 rings (SSSR count). The van der Waals surface area contributed by atoms with Gasteiger partial charge >= 0.3 is 0 Å². The van der Waals surface area contributed by atoms with Gasteiger partial charge in [0.05, 0.1) is 0 Å². The van der Waals surface area contributed by atoms with Crippen molar-refractivity contribution >= 4 is 7.41 Å². The molecule has 0 spiro atoms. The van der Waals surface area contributed by atoms with Crippen LogP contribution in [0.15, 0.2) is 0 Å². The van der Waals surface area contributed by atoms with E-state index in [9.17, 15) is 0 Å². The molecular weight excluding hydrogens is 133 g/mol. The Morgan fingerprint density at radius 3 is 2.18 bits per heavy atom. The van der Waals surface area contributed by atoms with E-state index in [0.29, 0.717) is 0 Å². The Labute approximate surface area is 72.4 Å². The van der Waals surface area contributed by atoms with Crippen LogP contribution in [0.2, 0.25) is 6.82 Å². The van der Waals surface area contributed by atoms with Crippen molar-refractivity contribution in [1.29, 1.82) is 0 Å². The van der Waals surface area contributed by atoms with Crippen molar-refractivity contribution in [2.45, 2.75) is 46.4 Å². The molecule has 0 aliphatic heterocycles. The van der Waals surface area contributed by atoms with Gasteiger partial charge in [0, 0.05) is 0 Å². The van der Waals surface area contributed by atoms with Gasteiger partial charge in [-0.1, -0.05) is 33.5 Å². The summed E-state index contributed by atoms with van der Waals surface area (Å²) in [6, 6.07) is 0. The predicted molar refractivity (Wildman–Crippen MR) is 53.0 cm³/mol. The standard InChI is InChI=1S/C9H21BN/c1-4-6-7-9-11(10-3)8-5-2/h4-9H2,1-3H3. The second-order valence-electron chi connectivity index (χ2n) is 3.00. The van der Waals surface area contributed by atoms with E-state index in [1.54, 1.807) is 0 Å². The maximum Gasteiger partial charge on any atom is 0.205 e. The monoisotopic (exact) mass is 154 g/mol. The van der Waals surface area contributed by atoms with E-state index in [1.807, 2.05) is 0 Å². The lowest BCUT2D eigenvalue weighted by Crippen LogP contribution is -2.27. The molecule has 0 heterocycles. The van der Waals surface area contributed by atoms with Crippen molar-refractivity contribution in [2.24, 2.45) is 0 Å². The normalized spacial score (nSPS) is 10.5. The lowest BCUT2D eigenvalue weighted by atomic mass is 9.95. The van der Waals surface area contributed by atoms with E-state index in [2.05, 4.69) is 32.9 Å². The number of hydrogen-bond acceptors (Lipinski definition) is 1. The summed E-state index contributed by atoms with van der Waals surface area (Å²) in [4.78, 5) is 2.41. The van der Waals surface area contributed by atoms with Crippen molar-refractivity contribution < 1.29 is 0 Å². The highest BCUT2D eigenvalue weighted by molar-refractivity contribution is 6.29. The third-order valence-corrected chi connectivity index (χ3v) is 1.92. The largest absolute Gasteiger partial charge is 0.347 e. The molecule has 2 heteroatoms. The lowest BCUT2D eigenvalue weighted by molar-refractivity contribution is 0.426. The fourth-order valence-corrected chi connectivity index (χ4v) is 1.22. The number of nitrogens with zero attached hydrogens (tertiary/aromatic N) is 1. The van der Waals surface area contributed by atoms with Gasteiger partial charge in [-0.3, -0.25) is 0 Å². The predicted octanol–water partition coefficient (Wildman–Crippen LogP) is 2.56. The van der Waals surface area contributed by atoms with Crippen molar-refractivity contribution in [1.82, 2.24) is 4.81 Å². The van der Waals surface area contributed by atoms with Crippen LogP contribution in [-0.2, 0) is 0 Å². The zero-order chi connectivity index (χ0) is 8.53. The Hall–Kier alpha value is 0.0249. The summed E-state index contributed by atoms with van der Waals surface area (Å²) < 4.78 is 0. The van der Waals surface area contributed by atoms with Crippen LogP contribution < -0.4 is 0 Å². The summed E-state index contributed by atoms with van der Waals surface area (Å²) in [6.07, 6.45) is 5.30. The van der Waals surface area contributed by atoms with Crippen LogP contribution in [0.4, 0.5) is 0 Å². The SMILES string of the molecule is C[B]N(CCC)CCCCC. The quantitative estimate of drug-likeness (QED) is 0.402. The summed E-state index contributed by atoms with van der Waals surface area (Å²) in [6.45, 7) is 9.08. The Kier molecular flexibility index (Phi) is 8.14. The smallest absolute Gasteiger partial charge is 0.205 e. The molecule has 0 aliphatic rings. The summed E-state index contributed by atoms with van der Waals surface area (Å²) >= 11 is 0.